The van der Waals surface area contributed by atoms with Gasteiger partial charge in [-0.3, -0.25) is 9.36 Å². The van der Waals surface area contributed by atoms with Crippen LogP contribution in [0.25, 0.3) is 10.2 Å². The Balaban J connectivity index is 2.20. The van der Waals surface area contributed by atoms with Crippen LogP contribution in [-0.2, 0) is 19.4 Å². The van der Waals surface area contributed by atoms with Gasteiger partial charge in [0.1, 0.15) is 10.7 Å². The Hall–Kier alpha value is -1.60. The van der Waals surface area contributed by atoms with E-state index in [1.54, 1.807) is 15.9 Å². The van der Waals surface area contributed by atoms with Gasteiger partial charge in [-0.1, -0.05) is 40.5 Å². The van der Waals surface area contributed by atoms with Gasteiger partial charge in [0.05, 0.1) is 11.9 Å². The first-order chi connectivity index (χ1) is 11.2. The van der Waals surface area contributed by atoms with Crippen LogP contribution in [0.3, 0.4) is 0 Å². The quantitative estimate of drug-likeness (QED) is 0.760. The van der Waals surface area contributed by atoms with E-state index in [1.165, 1.54) is 10.4 Å². The molecule has 0 N–H and O–H groups in total. The summed E-state index contributed by atoms with van der Waals surface area (Å²) in [7, 11) is 0. The zero-order chi connectivity index (χ0) is 17.6. The van der Waals surface area contributed by atoms with E-state index in [1.807, 2.05) is 0 Å². The first-order valence-corrected chi connectivity index (χ1v) is 9.54. The molecule has 0 radical (unpaired) electrons. The highest BCUT2D eigenvalue weighted by Gasteiger charge is 2.32. The van der Waals surface area contributed by atoms with Crippen LogP contribution in [0.15, 0.2) is 4.79 Å². The maximum Gasteiger partial charge on any atom is 0.263 e. The molecule has 0 bridgehead atoms. The Morgan fingerprint density at radius 2 is 2.12 bits per heavy atom. The molecule has 128 valence electrons. The Labute approximate surface area is 148 Å². The van der Waals surface area contributed by atoms with Crippen LogP contribution < -0.4 is 5.56 Å². The van der Waals surface area contributed by atoms with Crippen molar-refractivity contribution in [3.63, 3.8) is 0 Å². The fraction of sp³-hybridized carbons (Fsp3) is 0.600. The lowest BCUT2D eigenvalue weighted by Gasteiger charge is -2.33. The minimum absolute atomic E-state index is 0.0494. The van der Waals surface area contributed by atoms with E-state index in [0.29, 0.717) is 17.9 Å². The SMILES string of the molecule is C#CCn1c(C(C)C)nc2sc3c(c2c1=O)CCC(C(C)(C)C)C3. The molecule has 2 aromatic heterocycles. The highest BCUT2D eigenvalue weighted by atomic mass is 32.1. The summed E-state index contributed by atoms with van der Waals surface area (Å²) in [6.07, 6.45) is 8.67. The zero-order valence-corrected chi connectivity index (χ0v) is 16.1. The molecular formula is C20H26N2OS. The molecule has 2 aromatic rings. The second-order valence-electron chi connectivity index (χ2n) is 8.21. The van der Waals surface area contributed by atoms with Crippen molar-refractivity contribution in [2.24, 2.45) is 11.3 Å². The van der Waals surface area contributed by atoms with E-state index in [2.05, 4.69) is 40.5 Å². The largest absolute Gasteiger partial charge is 0.284 e. The van der Waals surface area contributed by atoms with Gasteiger partial charge in [0, 0.05) is 10.8 Å². The summed E-state index contributed by atoms with van der Waals surface area (Å²) in [6.45, 7) is 11.3. The Kier molecular flexibility index (Phi) is 4.34. The second kappa shape index (κ2) is 6.04. The van der Waals surface area contributed by atoms with Gasteiger partial charge in [-0.15, -0.1) is 17.8 Å². The lowest BCUT2D eigenvalue weighted by molar-refractivity contribution is 0.218. The van der Waals surface area contributed by atoms with Crippen LogP contribution >= 0.6 is 11.3 Å². The summed E-state index contributed by atoms with van der Waals surface area (Å²) < 4.78 is 1.69. The lowest BCUT2D eigenvalue weighted by Crippen LogP contribution is -2.28. The third kappa shape index (κ3) is 2.80. The first-order valence-electron chi connectivity index (χ1n) is 8.72. The predicted molar refractivity (Wildman–Crippen MR) is 102 cm³/mol. The summed E-state index contributed by atoms with van der Waals surface area (Å²) in [4.78, 5) is 20.2. The molecule has 3 nitrogen and oxygen atoms in total. The monoisotopic (exact) mass is 342 g/mol. The fourth-order valence-electron chi connectivity index (χ4n) is 3.70. The van der Waals surface area contributed by atoms with Gasteiger partial charge < -0.3 is 0 Å². The minimum atomic E-state index is 0.0494. The molecule has 24 heavy (non-hydrogen) atoms. The third-order valence-electron chi connectivity index (χ3n) is 5.19. The molecule has 1 aliphatic rings. The first kappa shape index (κ1) is 17.2. The molecule has 1 unspecified atom stereocenters. The number of fused-ring (bicyclic) bond motifs is 3. The fourth-order valence-corrected chi connectivity index (χ4v) is 5.00. The molecule has 1 aliphatic carbocycles. The van der Waals surface area contributed by atoms with Crippen molar-refractivity contribution in [2.45, 2.75) is 66.3 Å². The number of thiophene rings is 1. The van der Waals surface area contributed by atoms with Crippen LogP contribution in [0.5, 0.6) is 0 Å². The van der Waals surface area contributed by atoms with Gasteiger partial charge in [-0.2, -0.15) is 0 Å². The third-order valence-corrected chi connectivity index (χ3v) is 6.34. The molecular weight excluding hydrogens is 316 g/mol. The van der Waals surface area contributed by atoms with Gasteiger partial charge in [-0.25, -0.2) is 4.98 Å². The molecule has 0 aliphatic heterocycles. The van der Waals surface area contributed by atoms with Crippen LogP contribution in [-0.4, -0.2) is 9.55 Å². The summed E-state index contributed by atoms with van der Waals surface area (Å²) in [5, 5.41) is 0.821. The normalized spacial score (nSPS) is 18.0. The molecule has 0 aromatic carbocycles. The minimum Gasteiger partial charge on any atom is -0.284 e. The highest BCUT2D eigenvalue weighted by Crippen LogP contribution is 2.42. The number of rotatable bonds is 2. The van der Waals surface area contributed by atoms with Crippen molar-refractivity contribution in [3.05, 3.63) is 26.6 Å². The number of aryl methyl sites for hydroxylation is 1. The number of aromatic nitrogens is 2. The van der Waals surface area contributed by atoms with Crippen LogP contribution in [0, 0.1) is 23.7 Å². The van der Waals surface area contributed by atoms with Crippen molar-refractivity contribution >= 4 is 21.6 Å². The summed E-state index contributed by atoms with van der Waals surface area (Å²) in [5.74, 6) is 4.25. The predicted octanol–water partition coefficient (Wildman–Crippen LogP) is 4.37. The van der Waals surface area contributed by atoms with E-state index in [9.17, 15) is 4.79 Å². The average Bonchev–Trinajstić information content (AvgIpc) is 2.86. The highest BCUT2D eigenvalue weighted by molar-refractivity contribution is 7.18. The van der Waals surface area contributed by atoms with Crippen molar-refractivity contribution in [1.82, 2.24) is 9.55 Å². The molecule has 0 fully saturated rings. The molecule has 2 heterocycles. The number of hydrogen-bond acceptors (Lipinski definition) is 3. The average molecular weight is 343 g/mol. The van der Waals surface area contributed by atoms with Crippen molar-refractivity contribution in [2.75, 3.05) is 0 Å². The molecule has 0 amide bonds. The van der Waals surface area contributed by atoms with E-state index in [4.69, 9.17) is 11.4 Å². The van der Waals surface area contributed by atoms with Gasteiger partial charge in [0.25, 0.3) is 5.56 Å². The van der Waals surface area contributed by atoms with E-state index in [0.717, 1.165) is 35.3 Å². The van der Waals surface area contributed by atoms with Gasteiger partial charge in [0.2, 0.25) is 0 Å². The van der Waals surface area contributed by atoms with Crippen molar-refractivity contribution in [3.8, 4) is 12.3 Å². The number of nitrogens with zero attached hydrogens (tertiary/aromatic N) is 2. The van der Waals surface area contributed by atoms with Crippen LogP contribution in [0.4, 0.5) is 0 Å². The van der Waals surface area contributed by atoms with Crippen LogP contribution in [0.2, 0.25) is 0 Å². The Bertz CT molecular complexity index is 874. The zero-order valence-electron chi connectivity index (χ0n) is 15.3. The number of hydrogen-bond donors (Lipinski definition) is 0. The van der Waals surface area contributed by atoms with E-state index in [-0.39, 0.29) is 11.5 Å². The smallest absolute Gasteiger partial charge is 0.263 e. The molecule has 0 spiro atoms. The van der Waals surface area contributed by atoms with Gasteiger partial charge in [-0.05, 0) is 36.2 Å². The number of terminal acetylenes is 1. The van der Waals surface area contributed by atoms with Crippen LogP contribution in [0.1, 0.15) is 63.2 Å². The van der Waals surface area contributed by atoms with E-state index < -0.39 is 0 Å². The molecule has 1 atom stereocenters. The van der Waals surface area contributed by atoms with Gasteiger partial charge >= 0.3 is 0 Å². The topological polar surface area (TPSA) is 34.9 Å². The van der Waals surface area contributed by atoms with Crippen molar-refractivity contribution < 1.29 is 0 Å². The molecule has 0 saturated heterocycles. The summed E-state index contributed by atoms with van der Waals surface area (Å²) in [6, 6.07) is 0. The second-order valence-corrected chi connectivity index (χ2v) is 9.29. The molecule has 4 heteroatoms. The van der Waals surface area contributed by atoms with Crippen molar-refractivity contribution in [1.29, 1.82) is 0 Å². The maximum atomic E-state index is 13.1. The van der Waals surface area contributed by atoms with Gasteiger partial charge in [0.15, 0.2) is 0 Å². The molecule has 3 rings (SSSR count). The lowest BCUT2D eigenvalue weighted by atomic mass is 9.72. The Morgan fingerprint density at radius 3 is 2.71 bits per heavy atom. The standard InChI is InChI=1S/C20H26N2OS/c1-7-10-22-17(12(2)3)21-18-16(19(22)23)14-9-8-13(20(4,5)6)11-15(14)24-18/h1,12-13H,8-11H2,2-6H3. The maximum absolute atomic E-state index is 13.1. The summed E-state index contributed by atoms with van der Waals surface area (Å²) >= 11 is 1.72. The Morgan fingerprint density at radius 1 is 1.42 bits per heavy atom. The molecule has 0 saturated carbocycles. The summed E-state index contributed by atoms with van der Waals surface area (Å²) in [5.41, 5.74) is 1.58. The van der Waals surface area contributed by atoms with E-state index >= 15 is 0 Å².